The number of aromatic carboxylic acids is 1. The average Bonchev–Trinajstić information content (AvgIpc) is 2.94. The molecule has 2 rings (SSSR count). The van der Waals surface area contributed by atoms with Gasteiger partial charge in [-0.15, -0.1) is 11.3 Å². The summed E-state index contributed by atoms with van der Waals surface area (Å²) < 4.78 is 0. The molecule has 1 saturated carbocycles. The van der Waals surface area contributed by atoms with Crippen LogP contribution in [0.4, 0.5) is 0 Å². The number of carboxylic acids is 1. The highest BCUT2D eigenvalue weighted by atomic mass is 32.1. The summed E-state index contributed by atoms with van der Waals surface area (Å²) in [7, 11) is 0. The topological polar surface area (TPSA) is 50.2 Å². The lowest BCUT2D eigenvalue weighted by atomic mass is 10.0. The van der Waals surface area contributed by atoms with Gasteiger partial charge in [0, 0.05) is 5.92 Å². The van der Waals surface area contributed by atoms with Crippen LogP contribution in [-0.4, -0.2) is 16.1 Å². The summed E-state index contributed by atoms with van der Waals surface area (Å²) in [6.07, 6.45) is 5.57. The first kappa shape index (κ1) is 12.6. The molecule has 0 aromatic carbocycles. The molecule has 1 aromatic rings. The Morgan fingerprint density at radius 1 is 1.47 bits per heavy atom. The lowest BCUT2D eigenvalue weighted by Gasteiger charge is -2.05. The lowest BCUT2D eigenvalue weighted by molar-refractivity contribution is 0.0701. The third-order valence-electron chi connectivity index (χ3n) is 3.71. The number of carboxylic acid groups (broad SMARTS) is 1. The van der Waals surface area contributed by atoms with Crippen LogP contribution in [0.1, 0.15) is 65.8 Å². The van der Waals surface area contributed by atoms with Crippen molar-refractivity contribution < 1.29 is 9.90 Å². The van der Waals surface area contributed by atoms with E-state index in [4.69, 9.17) is 5.11 Å². The second kappa shape index (κ2) is 5.17. The van der Waals surface area contributed by atoms with Crippen LogP contribution < -0.4 is 0 Å². The van der Waals surface area contributed by atoms with Gasteiger partial charge in [0.25, 0.3) is 0 Å². The lowest BCUT2D eigenvalue weighted by Crippen LogP contribution is -1.97. The molecule has 2 unspecified atom stereocenters. The van der Waals surface area contributed by atoms with Crippen molar-refractivity contribution in [3.05, 3.63) is 15.6 Å². The molecule has 17 heavy (non-hydrogen) atoms. The van der Waals surface area contributed by atoms with Crippen molar-refractivity contribution in [2.24, 2.45) is 5.92 Å². The van der Waals surface area contributed by atoms with Crippen molar-refractivity contribution in [3.8, 4) is 0 Å². The van der Waals surface area contributed by atoms with E-state index in [1.165, 1.54) is 37.0 Å². The molecule has 4 heteroatoms. The summed E-state index contributed by atoms with van der Waals surface area (Å²) in [5.41, 5.74) is 0.762. The molecule has 1 aliphatic carbocycles. The van der Waals surface area contributed by atoms with Gasteiger partial charge in [0.15, 0.2) is 0 Å². The SMILES string of the molecule is CCc1nc(C2CCC(CC)C2)sc1C(=O)O. The fraction of sp³-hybridized carbons (Fsp3) is 0.692. The Bertz CT molecular complexity index is 414. The second-order valence-electron chi connectivity index (χ2n) is 4.77. The standard InChI is InChI=1S/C13H19NO2S/c1-3-8-5-6-9(7-8)12-14-10(4-2)11(17-12)13(15)16/h8-9H,3-7H2,1-2H3,(H,15,16). The molecule has 1 fully saturated rings. The molecule has 1 aromatic heterocycles. The Morgan fingerprint density at radius 2 is 2.24 bits per heavy atom. The van der Waals surface area contributed by atoms with Gasteiger partial charge in [0.1, 0.15) is 4.88 Å². The number of thiazole rings is 1. The Hall–Kier alpha value is -0.900. The molecule has 0 amide bonds. The van der Waals surface area contributed by atoms with Crippen molar-refractivity contribution in [1.82, 2.24) is 4.98 Å². The maximum absolute atomic E-state index is 11.1. The van der Waals surface area contributed by atoms with Crippen molar-refractivity contribution in [1.29, 1.82) is 0 Å². The zero-order chi connectivity index (χ0) is 12.4. The molecule has 0 bridgehead atoms. The van der Waals surface area contributed by atoms with Crippen LogP contribution >= 0.6 is 11.3 Å². The number of nitrogens with zero attached hydrogens (tertiary/aromatic N) is 1. The molecule has 1 N–H and O–H groups in total. The average molecular weight is 253 g/mol. The number of aryl methyl sites for hydroxylation is 1. The van der Waals surface area contributed by atoms with Gasteiger partial charge < -0.3 is 5.11 Å². The van der Waals surface area contributed by atoms with E-state index in [1.54, 1.807) is 0 Å². The number of hydrogen-bond donors (Lipinski definition) is 1. The van der Waals surface area contributed by atoms with Crippen LogP contribution in [0.15, 0.2) is 0 Å². The van der Waals surface area contributed by atoms with Gasteiger partial charge in [-0.05, 0) is 31.6 Å². The van der Waals surface area contributed by atoms with E-state index < -0.39 is 5.97 Å². The normalized spacial score (nSPS) is 24.1. The number of aromatic nitrogens is 1. The number of hydrogen-bond acceptors (Lipinski definition) is 3. The van der Waals surface area contributed by atoms with E-state index in [1.807, 2.05) is 6.92 Å². The van der Waals surface area contributed by atoms with E-state index >= 15 is 0 Å². The van der Waals surface area contributed by atoms with Gasteiger partial charge in [-0.2, -0.15) is 0 Å². The highest BCUT2D eigenvalue weighted by Gasteiger charge is 2.28. The highest BCUT2D eigenvalue weighted by Crippen LogP contribution is 2.41. The molecule has 0 saturated heterocycles. The Balaban J connectivity index is 2.19. The quantitative estimate of drug-likeness (QED) is 0.890. The summed E-state index contributed by atoms with van der Waals surface area (Å²) in [5, 5.41) is 10.2. The van der Waals surface area contributed by atoms with Crippen molar-refractivity contribution in [2.75, 3.05) is 0 Å². The minimum absolute atomic E-state index is 0.447. The fourth-order valence-electron chi connectivity index (χ4n) is 2.62. The van der Waals surface area contributed by atoms with Crippen molar-refractivity contribution in [3.63, 3.8) is 0 Å². The van der Waals surface area contributed by atoms with Crippen LogP contribution in [0.3, 0.4) is 0 Å². The third-order valence-corrected chi connectivity index (χ3v) is 4.96. The summed E-state index contributed by atoms with van der Waals surface area (Å²) >= 11 is 1.39. The number of rotatable bonds is 4. The summed E-state index contributed by atoms with van der Waals surface area (Å²) in [6, 6.07) is 0. The first-order chi connectivity index (χ1) is 8.15. The first-order valence-electron chi connectivity index (χ1n) is 6.38. The summed E-state index contributed by atoms with van der Waals surface area (Å²) in [4.78, 5) is 16.1. The molecule has 2 atom stereocenters. The molecular formula is C13H19NO2S. The fourth-order valence-corrected chi connectivity index (χ4v) is 3.76. The molecule has 94 valence electrons. The Labute approximate surface area is 106 Å². The van der Waals surface area contributed by atoms with E-state index in [0.29, 0.717) is 17.2 Å². The molecule has 1 heterocycles. The minimum Gasteiger partial charge on any atom is -0.477 e. The van der Waals surface area contributed by atoms with Gasteiger partial charge >= 0.3 is 5.97 Å². The third kappa shape index (κ3) is 2.51. The van der Waals surface area contributed by atoms with Crippen molar-refractivity contribution in [2.45, 2.75) is 51.9 Å². The van der Waals surface area contributed by atoms with Gasteiger partial charge in [0.05, 0.1) is 10.7 Å². The molecular weight excluding hydrogens is 234 g/mol. The molecule has 0 spiro atoms. The summed E-state index contributed by atoms with van der Waals surface area (Å²) in [6.45, 7) is 4.20. The second-order valence-corrected chi connectivity index (χ2v) is 5.80. The highest BCUT2D eigenvalue weighted by molar-refractivity contribution is 7.13. The summed E-state index contributed by atoms with van der Waals surface area (Å²) in [5.74, 6) is 0.487. The monoisotopic (exact) mass is 253 g/mol. The van der Waals surface area contributed by atoms with E-state index in [9.17, 15) is 4.79 Å². The Morgan fingerprint density at radius 3 is 2.71 bits per heavy atom. The predicted molar refractivity (Wildman–Crippen MR) is 68.8 cm³/mol. The first-order valence-corrected chi connectivity index (χ1v) is 7.20. The van der Waals surface area contributed by atoms with E-state index in [-0.39, 0.29) is 0 Å². The van der Waals surface area contributed by atoms with Crippen LogP contribution in [0.5, 0.6) is 0 Å². The zero-order valence-electron chi connectivity index (χ0n) is 10.4. The Kier molecular flexibility index (Phi) is 3.82. The van der Waals surface area contributed by atoms with Crippen molar-refractivity contribution >= 4 is 17.3 Å². The zero-order valence-corrected chi connectivity index (χ0v) is 11.2. The van der Waals surface area contributed by atoms with E-state index in [0.717, 1.165) is 16.6 Å². The van der Waals surface area contributed by atoms with E-state index in [2.05, 4.69) is 11.9 Å². The minimum atomic E-state index is -0.823. The molecule has 0 aliphatic heterocycles. The smallest absolute Gasteiger partial charge is 0.347 e. The predicted octanol–water partition coefficient (Wildman–Crippen LogP) is 3.70. The van der Waals surface area contributed by atoms with Crippen LogP contribution in [0, 0.1) is 5.92 Å². The van der Waals surface area contributed by atoms with Gasteiger partial charge in [0.2, 0.25) is 0 Å². The molecule has 1 aliphatic rings. The van der Waals surface area contributed by atoms with Gasteiger partial charge in [-0.25, -0.2) is 9.78 Å². The largest absolute Gasteiger partial charge is 0.477 e. The number of carbonyl (C=O) groups is 1. The maximum atomic E-state index is 11.1. The molecule has 0 radical (unpaired) electrons. The van der Waals surface area contributed by atoms with Crippen LogP contribution in [-0.2, 0) is 6.42 Å². The van der Waals surface area contributed by atoms with Gasteiger partial charge in [-0.1, -0.05) is 20.3 Å². The molecule has 3 nitrogen and oxygen atoms in total. The van der Waals surface area contributed by atoms with Crippen LogP contribution in [0.25, 0.3) is 0 Å². The van der Waals surface area contributed by atoms with Crippen LogP contribution in [0.2, 0.25) is 0 Å². The maximum Gasteiger partial charge on any atom is 0.347 e. The van der Waals surface area contributed by atoms with Gasteiger partial charge in [-0.3, -0.25) is 0 Å².